The summed E-state index contributed by atoms with van der Waals surface area (Å²) in [7, 11) is 0. The van der Waals surface area contributed by atoms with E-state index in [2.05, 4.69) is 209 Å². The minimum atomic E-state index is 0.0645. The third kappa shape index (κ3) is 5.55. The minimum absolute atomic E-state index is 0.0645. The van der Waals surface area contributed by atoms with Crippen molar-refractivity contribution in [2.75, 3.05) is 9.80 Å². The molecule has 0 heterocycles. The summed E-state index contributed by atoms with van der Waals surface area (Å²) in [6, 6.07) is 58.2. The van der Waals surface area contributed by atoms with Gasteiger partial charge in [0.2, 0.25) is 0 Å². The number of nitrogens with zero attached hydrogens (tertiary/aromatic N) is 2. The molecule has 0 saturated carbocycles. The second-order valence-electron chi connectivity index (χ2n) is 15.5. The first kappa shape index (κ1) is 31.7. The Morgan fingerprint density at radius 3 is 1.10 bits per heavy atom. The maximum absolute atomic E-state index is 2.44. The number of anilines is 6. The van der Waals surface area contributed by atoms with E-state index in [1.54, 1.807) is 0 Å². The fraction of sp³-hybridized carbons (Fsp3) is 0.167. The van der Waals surface area contributed by atoms with Crippen molar-refractivity contribution in [2.45, 2.75) is 52.4 Å². The number of rotatable bonds is 6. The Bertz CT molecular complexity index is 2250. The molecular formula is C48H44N2. The number of para-hydroxylation sites is 2. The summed E-state index contributed by atoms with van der Waals surface area (Å²) in [5, 5.41) is 7.56. The van der Waals surface area contributed by atoms with Crippen LogP contribution in [0, 0.1) is 0 Å². The summed E-state index contributed by atoms with van der Waals surface area (Å²) in [6.45, 7) is 13.6. The van der Waals surface area contributed by atoms with Crippen LogP contribution in [-0.2, 0) is 10.8 Å². The Balaban J connectivity index is 1.47. The maximum Gasteiger partial charge on any atom is 0.0561 e. The standard InChI is InChI=1S/C48H44N2/c1-47(2,3)35-22-26-39(27-23-35)49(37-16-9-7-10-17-37)43-32-44(42-31-21-34-15-13-14-33-20-30-41(43)46(42)45(33)34)50(38-18-11-8-12-19-38)40-28-24-36(25-29-40)48(4,5)6/h7-32H,1-6H3. The zero-order valence-corrected chi connectivity index (χ0v) is 29.9. The average molecular weight is 649 g/mol. The summed E-state index contributed by atoms with van der Waals surface area (Å²) in [4.78, 5) is 4.88. The van der Waals surface area contributed by atoms with Gasteiger partial charge < -0.3 is 9.80 Å². The van der Waals surface area contributed by atoms with Crippen LogP contribution in [0.5, 0.6) is 0 Å². The molecular weight excluding hydrogens is 605 g/mol. The second kappa shape index (κ2) is 12.1. The van der Waals surface area contributed by atoms with Crippen molar-refractivity contribution in [3.05, 3.63) is 169 Å². The lowest BCUT2D eigenvalue weighted by Crippen LogP contribution is -2.16. The van der Waals surface area contributed by atoms with E-state index in [0.717, 1.165) is 34.1 Å². The zero-order valence-electron chi connectivity index (χ0n) is 29.9. The van der Waals surface area contributed by atoms with Crippen LogP contribution in [0.4, 0.5) is 34.1 Å². The molecule has 0 spiro atoms. The van der Waals surface area contributed by atoms with E-state index < -0.39 is 0 Å². The van der Waals surface area contributed by atoms with Crippen molar-refractivity contribution < 1.29 is 0 Å². The number of hydrogen-bond acceptors (Lipinski definition) is 2. The van der Waals surface area contributed by atoms with Gasteiger partial charge in [0.05, 0.1) is 11.4 Å². The predicted molar refractivity (Wildman–Crippen MR) is 217 cm³/mol. The van der Waals surface area contributed by atoms with Crippen LogP contribution in [0.15, 0.2) is 158 Å². The van der Waals surface area contributed by atoms with Gasteiger partial charge in [0, 0.05) is 38.9 Å². The average Bonchev–Trinajstić information content (AvgIpc) is 3.12. The minimum Gasteiger partial charge on any atom is -0.310 e. The summed E-state index contributed by atoms with van der Waals surface area (Å²) in [6.07, 6.45) is 0. The SMILES string of the molecule is CC(C)(C)c1ccc(N(c2ccccc2)c2cc(N(c3ccccc3)c3ccc(C(C)(C)C)cc3)c3ccc4cccc5ccc2c3c54)cc1. The van der Waals surface area contributed by atoms with Gasteiger partial charge in [0.15, 0.2) is 0 Å². The van der Waals surface area contributed by atoms with E-state index >= 15 is 0 Å². The Morgan fingerprint density at radius 1 is 0.340 bits per heavy atom. The van der Waals surface area contributed by atoms with Crippen LogP contribution in [0.25, 0.3) is 32.3 Å². The molecule has 8 aromatic rings. The highest BCUT2D eigenvalue weighted by Gasteiger charge is 2.25. The van der Waals surface area contributed by atoms with Crippen LogP contribution in [0.2, 0.25) is 0 Å². The summed E-state index contributed by atoms with van der Waals surface area (Å²) < 4.78 is 0. The molecule has 0 aliphatic heterocycles. The van der Waals surface area contributed by atoms with Gasteiger partial charge in [-0.05, 0) is 92.7 Å². The Hall–Kier alpha value is -5.60. The summed E-state index contributed by atoms with van der Waals surface area (Å²) >= 11 is 0. The molecule has 0 N–H and O–H groups in total. The molecule has 0 amide bonds. The quantitative estimate of drug-likeness (QED) is 0.166. The third-order valence-corrected chi connectivity index (χ3v) is 10.1. The first-order chi connectivity index (χ1) is 24.1. The van der Waals surface area contributed by atoms with E-state index in [-0.39, 0.29) is 10.8 Å². The van der Waals surface area contributed by atoms with E-state index in [4.69, 9.17) is 0 Å². The lowest BCUT2D eigenvalue weighted by atomic mass is 9.87. The predicted octanol–water partition coefficient (Wildman–Crippen LogP) is 14.1. The summed E-state index contributed by atoms with van der Waals surface area (Å²) in [5.74, 6) is 0. The molecule has 0 aromatic heterocycles. The maximum atomic E-state index is 2.44. The van der Waals surface area contributed by atoms with Gasteiger partial charge in [-0.15, -0.1) is 0 Å². The Labute approximate surface area is 296 Å². The van der Waals surface area contributed by atoms with Crippen molar-refractivity contribution in [3.63, 3.8) is 0 Å². The molecule has 0 radical (unpaired) electrons. The van der Waals surface area contributed by atoms with Gasteiger partial charge in [-0.25, -0.2) is 0 Å². The van der Waals surface area contributed by atoms with Gasteiger partial charge in [0.25, 0.3) is 0 Å². The van der Waals surface area contributed by atoms with Crippen molar-refractivity contribution in [1.82, 2.24) is 0 Å². The van der Waals surface area contributed by atoms with Gasteiger partial charge in [-0.2, -0.15) is 0 Å². The largest absolute Gasteiger partial charge is 0.310 e. The lowest BCUT2D eigenvalue weighted by molar-refractivity contribution is 0.590. The highest BCUT2D eigenvalue weighted by atomic mass is 15.2. The fourth-order valence-corrected chi connectivity index (χ4v) is 7.39. The van der Waals surface area contributed by atoms with E-state index in [1.165, 1.54) is 43.4 Å². The molecule has 0 unspecified atom stereocenters. The van der Waals surface area contributed by atoms with Crippen molar-refractivity contribution in [1.29, 1.82) is 0 Å². The molecule has 8 rings (SSSR count). The van der Waals surface area contributed by atoms with Gasteiger partial charge in [0.1, 0.15) is 0 Å². The first-order valence-electron chi connectivity index (χ1n) is 17.7. The molecule has 0 aliphatic carbocycles. The van der Waals surface area contributed by atoms with Gasteiger partial charge in [-0.3, -0.25) is 0 Å². The van der Waals surface area contributed by atoms with Crippen LogP contribution in [0.3, 0.4) is 0 Å². The molecule has 2 heteroatoms. The molecule has 0 fully saturated rings. The van der Waals surface area contributed by atoms with Crippen molar-refractivity contribution in [2.24, 2.45) is 0 Å². The zero-order chi connectivity index (χ0) is 34.6. The second-order valence-corrected chi connectivity index (χ2v) is 15.5. The molecule has 2 nitrogen and oxygen atoms in total. The van der Waals surface area contributed by atoms with Crippen LogP contribution in [-0.4, -0.2) is 0 Å². The first-order valence-corrected chi connectivity index (χ1v) is 17.7. The molecule has 50 heavy (non-hydrogen) atoms. The highest BCUT2D eigenvalue weighted by molar-refractivity contribution is 6.28. The van der Waals surface area contributed by atoms with E-state index in [0.29, 0.717) is 0 Å². The smallest absolute Gasteiger partial charge is 0.0561 e. The van der Waals surface area contributed by atoms with E-state index in [1.807, 2.05) is 0 Å². The molecule has 0 atom stereocenters. The molecule has 8 aromatic carbocycles. The summed E-state index contributed by atoms with van der Waals surface area (Å²) in [5.41, 5.74) is 9.57. The normalized spacial score (nSPS) is 12.2. The van der Waals surface area contributed by atoms with Crippen molar-refractivity contribution in [3.8, 4) is 0 Å². The molecule has 246 valence electrons. The Kier molecular flexibility index (Phi) is 7.64. The van der Waals surface area contributed by atoms with Crippen LogP contribution < -0.4 is 9.80 Å². The molecule has 0 aliphatic rings. The number of benzene rings is 8. The molecule has 0 saturated heterocycles. The monoisotopic (exact) mass is 648 g/mol. The van der Waals surface area contributed by atoms with Crippen molar-refractivity contribution >= 4 is 66.4 Å². The highest BCUT2D eigenvalue weighted by Crippen LogP contribution is 2.50. The number of hydrogen-bond donors (Lipinski definition) is 0. The third-order valence-electron chi connectivity index (χ3n) is 10.1. The Morgan fingerprint density at radius 2 is 0.720 bits per heavy atom. The van der Waals surface area contributed by atoms with E-state index in [9.17, 15) is 0 Å². The van der Waals surface area contributed by atoms with Crippen LogP contribution in [0.1, 0.15) is 52.7 Å². The van der Waals surface area contributed by atoms with Crippen LogP contribution >= 0.6 is 0 Å². The fourth-order valence-electron chi connectivity index (χ4n) is 7.39. The lowest BCUT2D eigenvalue weighted by Gasteiger charge is -2.33. The topological polar surface area (TPSA) is 6.48 Å². The van der Waals surface area contributed by atoms with Gasteiger partial charge >= 0.3 is 0 Å². The molecule has 0 bridgehead atoms. The van der Waals surface area contributed by atoms with Gasteiger partial charge in [-0.1, -0.05) is 145 Å².